The van der Waals surface area contributed by atoms with E-state index in [2.05, 4.69) is 59.0 Å². The highest BCUT2D eigenvalue weighted by atomic mass is 16.6. The number of amides is 1. The minimum absolute atomic E-state index is 0.236. The van der Waals surface area contributed by atoms with Gasteiger partial charge < -0.3 is 19.4 Å². The van der Waals surface area contributed by atoms with Crippen LogP contribution in [0.1, 0.15) is 32.2 Å². The first-order chi connectivity index (χ1) is 14.0. The molecule has 0 atom stereocenters. The highest BCUT2D eigenvalue weighted by molar-refractivity contribution is 5.68. The molecule has 0 unspecified atom stereocenters. The molecular weight excluding hydrogens is 366 g/mol. The number of ether oxygens (including phenoxy) is 1. The van der Waals surface area contributed by atoms with Gasteiger partial charge in [0.15, 0.2) is 0 Å². The Balaban J connectivity index is 1.76. The second kappa shape index (κ2) is 9.58. The van der Waals surface area contributed by atoms with E-state index in [1.165, 1.54) is 5.56 Å². The lowest BCUT2D eigenvalue weighted by atomic mass is 10.2. The molecule has 29 heavy (non-hydrogen) atoms. The summed E-state index contributed by atoms with van der Waals surface area (Å²) in [6.45, 7) is 12.0. The van der Waals surface area contributed by atoms with Gasteiger partial charge in [-0.05, 0) is 33.3 Å². The lowest BCUT2D eigenvalue weighted by molar-refractivity contribution is 0.105. The summed E-state index contributed by atoms with van der Waals surface area (Å²) in [4.78, 5) is 27.6. The van der Waals surface area contributed by atoms with Crippen molar-refractivity contribution in [3.8, 4) is 0 Å². The van der Waals surface area contributed by atoms with Crippen LogP contribution < -0.4 is 9.80 Å². The SMILES string of the molecule is CCOC(=O)N1CCN(c2cc(N(Cc3ccccc3)C(C)C)nc(C)n2)CC1. The first-order valence-electron chi connectivity index (χ1n) is 10.3. The Kier molecular flexibility index (Phi) is 6.90. The van der Waals surface area contributed by atoms with E-state index in [9.17, 15) is 4.79 Å². The number of aromatic nitrogens is 2. The molecule has 7 nitrogen and oxygen atoms in total. The van der Waals surface area contributed by atoms with Crippen LogP contribution in [-0.2, 0) is 11.3 Å². The maximum absolute atomic E-state index is 11.9. The van der Waals surface area contributed by atoms with Crippen LogP contribution in [0.5, 0.6) is 0 Å². The van der Waals surface area contributed by atoms with E-state index < -0.39 is 0 Å². The van der Waals surface area contributed by atoms with Crippen molar-refractivity contribution in [3.63, 3.8) is 0 Å². The Bertz CT molecular complexity index is 804. The van der Waals surface area contributed by atoms with Crippen LogP contribution in [0.3, 0.4) is 0 Å². The van der Waals surface area contributed by atoms with Gasteiger partial charge in [0.25, 0.3) is 0 Å². The fourth-order valence-electron chi connectivity index (χ4n) is 3.49. The van der Waals surface area contributed by atoms with Crippen molar-refractivity contribution in [3.05, 3.63) is 47.8 Å². The predicted molar refractivity (Wildman–Crippen MR) is 115 cm³/mol. The zero-order chi connectivity index (χ0) is 20.8. The fourth-order valence-corrected chi connectivity index (χ4v) is 3.49. The van der Waals surface area contributed by atoms with E-state index in [0.717, 1.165) is 37.1 Å². The molecule has 0 N–H and O–H groups in total. The summed E-state index contributed by atoms with van der Waals surface area (Å²) in [5, 5.41) is 0. The van der Waals surface area contributed by atoms with Crippen molar-refractivity contribution >= 4 is 17.7 Å². The number of rotatable bonds is 6. The Morgan fingerprint density at radius 1 is 1.14 bits per heavy atom. The van der Waals surface area contributed by atoms with E-state index in [0.29, 0.717) is 25.7 Å². The van der Waals surface area contributed by atoms with Gasteiger partial charge in [0, 0.05) is 44.8 Å². The summed E-state index contributed by atoms with van der Waals surface area (Å²) in [7, 11) is 0. The smallest absolute Gasteiger partial charge is 0.409 e. The van der Waals surface area contributed by atoms with Crippen LogP contribution in [0.15, 0.2) is 36.4 Å². The van der Waals surface area contributed by atoms with Gasteiger partial charge in [-0.15, -0.1) is 0 Å². The number of nitrogens with zero attached hydrogens (tertiary/aromatic N) is 5. The molecule has 1 aliphatic rings. The van der Waals surface area contributed by atoms with E-state index in [1.54, 1.807) is 4.90 Å². The molecule has 2 aromatic rings. The Hall–Kier alpha value is -2.83. The summed E-state index contributed by atoms with van der Waals surface area (Å²) in [6.07, 6.45) is -0.236. The largest absolute Gasteiger partial charge is 0.450 e. The van der Waals surface area contributed by atoms with Crippen LogP contribution in [0.4, 0.5) is 16.4 Å². The normalized spacial score (nSPS) is 14.2. The zero-order valence-electron chi connectivity index (χ0n) is 17.8. The van der Waals surface area contributed by atoms with Crippen LogP contribution in [-0.4, -0.2) is 59.8 Å². The highest BCUT2D eigenvalue weighted by Gasteiger charge is 2.24. The predicted octanol–water partition coefficient (Wildman–Crippen LogP) is 3.48. The average Bonchev–Trinajstić information content (AvgIpc) is 2.72. The minimum atomic E-state index is -0.236. The van der Waals surface area contributed by atoms with E-state index in [4.69, 9.17) is 9.72 Å². The van der Waals surface area contributed by atoms with Gasteiger partial charge >= 0.3 is 6.09 Å². The number of carbonyl (C=O) groups is 1. The minimum Gasteiger partial charge on any atom is -0.450 e. The van der Waals surface area contributed by atoms with E-state index in [1.807, 2.05) is 19.9 Å². The molecule has 3 rings (SSSR count). The molecule has 1 aromatic carbocycles. The number of aryl methyl sites for hydroxylation is 1. The third-order valence-electron chi connectivity index (χ3n) is 5.05. The summed E-state index contributed by atoms with van der Waals surface area (Å²) in [6, 6.07) is 12.8. The van der Waals surface area contributed by atoms with Crippen LogP contribution >= 0.6 is 0 Å². The number of piperazine rings is 1. The molecule has 1 aliphatic heterocycles. The van der Waals surface area contributed by atoms with Gasteiger partial charge in [0.2, 0.25) is 0 Å². The van der Waals surface area contributed by atoms with Crippen LogP contribution in [0.25, 0.3) is 0 Å². The van der Waals surface area contributed by atoms with Crippen molar-refractivity contribution in [2.75, 3.05) is 42.6 Å². The number of anilines is 2. The molecule has 1 saturated heterocycles. The number of carbonyl (C=O) groups excluding carboxylic acids is 1. The summed E-state index contributed by atoms with van der Waals surface area (Å²) < 4.78 is 5.11. The summed E-state index contributed by atoms with van der Waals surface area (Å²) in [5.74, 6) is 2.60. The van der Waals surface area contributed by atoms with Crippen LogP contribution in [0, 0.1) is 6.92 Å². The van der Waals surface area contributed by atoms with Crippen molar-refractivity contribution in [1.29, 1.82) is 0 Å². The van der Waals surface area contributed by atoms with Crippen molar-refractivity contribution < 1.29 is 9.53 Å². The van der Waals surface area contributed by atoms with Crippen molar-refractivity contribution in [2.45, 2.75) is 40.3 Å². The summed E-state index contributed by atoms with van der Waals surface area (Å²) >= 11 is 0. The molecule has 1 fully saturated rings. The monoisotopic (exact) mass is 397 g/mol. The van der Waals surface area contributed by atoms with Gasteiger partial charge in [0.1, 0.15) is 17.5 Å². The van der Waals surface area contributed by atoms with Crippen LogP contribution in [0.2, 0.25) is 0 Å². The van der Waals surface area contributed by atoms with Gasteiger partial charge in [-0.25, -0.2) is 14.8 Å². The zero-order valence-corrected chi connectivity index (χ0v) is 17.8. The maximum Gasteiger partial charge on any atom is 0.409 e. The van der Waals surface area contributed by atoms with Crippen molar-refractivity contribution in [2.24, 2.45) is 0 Å². The third kappa shape index (κ3) is 5.37. The van der Waals surface area contributed by atoms with Crippen molar-refractivity contribution in [1.82, 2.24) is 14.9 Å². The van der Waals surface area contributed by atoms with E-state index in [-0.39, 0.29) is 6.09 Å². The molecule has 0 saturated carbocycles. The molecular formula is C22H31N5O2. The standard InChI is InChI=1S/C22H31N5O2/c1-5-29-22(28)26-13-11-25(12-14-26)20-15-21(24-18(4)23-20)27(17(2)3)16-19-9-7-6-8-10-19/h6-10,15,17H,5,11-14,16H2,1-4H3. The molecule has 7 heteroatoms. The number of hydrogen-bond donors (Lipinski definition) is 0. The third-order valence-corrected chi connectivity index (χ3v) is 5.05. The second-order valence-corrected chi connectivity index (χ2v) is 7.51. The lowest BCUT2D eigenvalue weighted by Crippen LogP contribution is -2.49. The number of benzene rings is 1. The quantitative estimate of drug-likeness (QED) is 0.744. The fraction of sp³-hybridized carbons (Fsp3) is 0.500. The number of hydrogen-bond acceptors (Lipinski definition) is 6. The first-order valence-corrected chi connectivity index (χ1v) is 10.3. The Morgan fingerprint density at radius 3 is 2.45 bits per heavy atom. The van der Waals surface area contributed by atoms with Gasteiger partial charge in [0.05, 0.1) is 6.61 Å². The second-order valence-electron chi connectivity index (χ2n) is 7.51. The van der Waals surface area contributed by atoms with Gasteiger partial charge in [-0.1, -0.05) is 30.3 Å². The summed E-state index contributed by atoms with van der Waals surface area (Å²) in [5.41, 5.74) is 1.25. The maximum atomic E-state index is 11.9. The molecule has 156 valence electrons. The molecule has 0 spiro atoms. The molecule has 0 bridgehead atoms. The topological polar surface area (TPSA) is 61.8 Å². The molecule has 1 aromatic heterocycles. The van der Waals surface area contributed by atoms with E-state index >= 15 is 0 Å². The Morgan fingerprint density at radius 2 is 1.83 bits per heavy atom. The molecule has 2 heterocycles. The molecule has 0 aliphatic carbocycles. The lowest BCUT2D eigenvalue weighted by Gasteiger charge is -2.35. The van der Waals surface area contributed by atoms with Gasteiger partial charge in [-0.3, -0.25) is 0 Å². The molecule has 1 amide bonds. The Labute approximate surface area is 173 Å². The first kappa shape index (κ1) is 20.9. The molecule has 0 radical (unpaired) electrons. The average molecular weight is 398 g/mol. The van der Waals surface area contributed by atoms with Gasteiger partial charge in [-0.2, -0.15) is 0 Å². The highest BCUT2D eigenvalue weighted by Crippen LogP contribution is 2.24.